The van der Waals surface area contributed by atoms with E-state index in [1.807, 2.05) is 73.7 Å². The third-order valence-electron chi connectivity index (χ3n) is 7.15. The molecule has 38 heavy (non-hydrogen) atoms. The van der Waals surface area contributed by atoms with Gasteiger partial charge >= 0.3 is 6.09 Å². The van der Waals surface area contributed by atoms with Crippen molar-refractivity contribution in [2.45, 2.75) is 44.4 Å². The molecule has 192 valence electrons. The zero-order valence-electron chi connectivity index (χ0n) is 21.2. The molecule has 1 amide bonds. The lowest BCUT2D eigenvalue weighted by molar-refractivity contribution is 0.121. The number of amides is 1. The minimum Gasteiger partial charge on any atom is -0.488 e. The Balaban J connectivity index is 1.26. The highest BCUT2D eigenvalue weighted by Crippen LogP contribution is 2.45. The second-order valence-electron chi connectivity index (χ2n) is 9.88. The number of aromatic nitrogens is 1. The summed E-state index contributed by atoms with van der Waals surface area (Å²) in [6.45, 7) is 3.17. The fourth-order valence-electron chi connectivity index (χ4n) is 5.08. The number of nitrogens with zero attached hydrogens (tertiary/aromatic N) is 2. The van der Waals surface area contributed by atoms with Gasteiger partial charge in [-0.3, -0.25) is 5.32 Å². The van der Waals surface area contributed by atoms with Gasteiger partial charge in [0.15, 0.2) is 0 Å². The first-order valence-corrected chi connectivity index (χ1v) is 13.1. The van der Waals surface area contributed by atoms with Gasteiger partial charge in [0.1, 0.15) is 24.0 Å². The van der Waals surface area contributed by atoms with Crippen LogP contribution in [-0.4, -0.2) is 30.0 Å². The maximum atomic E-state index is 12.5. The van der Waals surface area contributed by atoms with Gasteiger partial charge in [-0.1, -0.05) is 42.5 Å². The lowest BCUT2D eigenvalue weighted by Gasteiger charge is -2.15. The van der Waals surface area contributed by atoms with E-state index < -0.39 is 6.09 Å². The highest BCUT2D eigenvalue weighted by atomic mass is 16.6. The molecule has 0 spiro atoms. The molecule has 0 bridgehead atoms. The molecule has 2 heterocycles. The summed E-state index contributed by atoms with van der Waals surface area (Å²) in [6.07, 6.45) is 2.23. The number of anilines is 1. The molecule has 1 aliphatic heterocycles. The maximum Gasteiger partial charge on any atom is 0.412 e. The molecule has 0 radical (unpaired) electrons. The number of carbonyl (C=O) groups is 1. The van der Waals surface area contributed by atoms with Gasteiger partial charge in [0, 0.05) is 29.6 Å². The van der Waals surface area contributed by atoms with Crippen LogP contribution in [0.5, 0.6) is 5.75 Å². The van der Waals surface area contributed by atoms with Crippen molar-refractivity contribution in [2.75, 3.05) is 18.5 Å². The lowest BCUT2D eigenvalue weighted by Crippen LogP contribution is -2.16. The summed E-state index contributed by atoms with van der Waals surface area (Å²) >= 11 is 0. The van der Waals surface area contributed by atoms with Gasteiger partial charge in [-0.2, -0.15) is 5.26 Å². The molecule has 1 aliphatic carbocycles. The number of ether oxygens (including phenoxy) is 3. The molecule has 1 aromatic heterocycles. The second-order valence-corrected chi connectivity index (χ2v) is 9.88. The van der Waals surface area contributed by atoms with Crippen molar-refractivity contribution >= 4 is 22.7 Å². The molecule has 3 aromatic carbocycles. The molecule has 7 nitrogen and oxygen atoms in total. The Labute approximate surface area is 221 Å². The fraction of sp³-hybridized carbons (Fsp3) is 0.290. The van der Waals surface area contributed by atoms with E-state index >= 15 is 0 Å². The summed E-state index contributed by atoms with van der Waals surface area (Å²) in [4.78, 5) is 12.5. The number of hydrogen-bond donors (Lipinski definition) is 1. The van der Waals surface area contributed by atoms with Crippen LogP contribution in [0.15, 0.2) is 72.8 Å². The third kappa shape index (κ3) is 4.83. The van der Waals surface area contributed by atoms with Gasteiger partial charge < -0.3 is 18.8 Å². The summed E-state index contributed by atoms with van der Waals surface area (Å²) in [5, 5.41) is 13.9. The normalized spacial score (nSPS) is 17.6. The standard InChI is InChI=1S/C31H29N3O4/c1-20(21-5-3-2-4-6-21)37-31(35)33-23-9-7-22(8-10-23)30-28(18-32)27-14-13-25(38-26-15-16-36-19-26)17-29(27)34(30)24-11-12-24/h2-10,13-14,17,20,24,26H,11-12,15-16,19H2,1H3,(H,33,35). The van der Waals surface area contributed by atoms with E-state index in [2.05, 4.69) is 22.0 Å². The number of rotatable bonds is 7. The van der Waals surface area contributed by atoms with Gasteiger partial charge in [-0.25, -0.2) is 4.79 Å². The van der Waals surface area contributed by atoms with E-state index in [4.69, 9.17) is 14.2 Å². The Morgan fingerprint density at radius 3 is 2.55 bits per heavy atom. The Kier molecular flexibility index (Phi) is 6.48. The smallest absolute Gasteiger partial charge is 0.412 e. The van der Waals surface area contributed by atoms with Crippen molar-refractivity contribution < 1.29 is 19.0 Å². The van der Waals surface area contributed by atoms with Crippen molar-refractivity contribution in [1.29, 1.82) is 5.26 Å². The molecule has 4 aromatic rings. The van der Waals surface area contributed by atoms with Crippen LogP contribution in [0.4, 0.5) is 10.5 Å². The zero-order valence-corrected chi connectivity index (χ0v) is 21.2. The van der Waals surface area contributed by atoms with Crippen molar-refractivity contribution in [1.82, 2.24) is 4.57 Å². The summed E-state index contributed by atoms with van der Waals surface area (Å²) in [6, 6.07) is 26.0. The van der Waals surface area contributed by atoms with E-state index in [1.165, 1.54) is 0 Å². The van der Waals surface area contributed by atoms with Crippen LogP contribution in [0.3, 0.4) is 0 Å². The molecule has 7 heteroatoms. The van der Waals surface area contributed by atoms with Gasteiger partial charge in [0.25, 0.3) is 0 Å². The van der Waals surface area contributed by atoms with E-state index in [-0.39, 0.29) is 12.2 Å². The fourth-order valence-corrected chi connectivity index (χ4v) is 5.08. The predicted molar refractivity (Wildman–Crippen MR) is 145 cm³/mol. The van der Waals surface area contributed by atoms with Crippen LogP contribution < -0.4 is 10.1 Å². The Morgan fingerprint density at radius 1 is 1.08 bits per heavy atom. The minimum atomic E-state index is -0.515. The van der Waals surface area contributed by atoms with Gasteiger partial charge in [-0.15, -0.1) is 0 Å². The molecular weight excluding hydrogens is 478 g/mol. The monoisotopic (exact) mass is 507 g/mol. The molecule has 2 unspecified atom stereocenters. The number of nitriles is 1. The van der Waals surface area contributed by atoms with Crippen LogP contribution in [0, 0.1) is 11.3 Å². The van der Waals surface area contributed by atoms with Crippen LogP contribution >= 0.6 is 0 Å². The second kappa shape index (κ2) is 10.2. The molecule has 6 rings (SSSR count). The average Bonchev–Trinajstić information content (AvgIpc) is 3.54. The first-order chi connectivity index (χ1) is 18.6. The van der Waals surface area contributed by atoms with E-state index in [0.29, 0.717) is 23.9 Å². The summed E-state index contributed by atoms with van der Waals surface area (Å²) in [5.41, 5.74) is 5.04. The van der Waals surface area contributed by atoms with Crippen LogP contribution in [0.25, 0.3) is 22.2 Å². The minimum absolute atomic E-state index is 0.0640. The molecule has 1 saturated heterocycles. The van der Waals surface area contributed by atoms with Crippen molar-refractivity contribution in [3.8, 4) is 23.1 Å². The number of hydrogen-bond acceptors (Lipinski definition) is 5. The molecule has 1 saturated carbocycles. The SMILES string of the molecule is CC(OC(=O)Nc1ccc(-c2c(C#N)c3ccc(OC4CCOC4)cc3n2C2CC2)cc1)c1ccccc1. The highest BCUT2D eigenvalue weighted by Gasteiger charge is 2.31. The molecule has 2 aliphatic rings. The first-order valence-electron chi connectivity index (χ1n) is 13.1. The van der Waals surface area contributed by atoms with Crippen molar-refractivity contribution in [3.63, 3.8) is 0 Å². The van der Waals surface area contributed by atoms with E-state index in [9.17, 15) is 10.1 Å². The largest absolute Gasteiger partial charge is 0.488 e. The van der Waals surface area contributed by atoms with Crippen LogP contribution in [0.1, 0.15) is 49.5 Å². The molecule has 1 N–H and O–H groups in total. The number of benzene rings is 3. The Morgan fingerprint density at radius 2 is 1.87 bits per heavy atom. The molecule has 2 fully saturated rings. The molecular formula is C31H29N3O4. The summed E-state index contributed by atoms with van der Waals surface area (Å²) < 4.78 is 19.4. The zero-order chi connectivity index (χ0) is 26.1. The van der Waals surface area contributed by atoms with E-state index in [0.717, 1.165) is 59.3 Å². The Hall–Kier alpha value is -4.28. The third-order valence-corrected chi connectivity index (χ3v) is 7.15. The summed E-state index contributed by atoms with van der Waals surface area (Å²) in [5.74, 6) is 0.797. The lowest BCUT2D eigenvalue weighted by atomic mass is 10.1. The summed E-state index contributed by atoms with van der Waals surface area (Å²) in [7, 11) is 0. The van der Waals surface area contributed by atoms with Crippen LogP contribution in [0.2, 0.25) is 0 Å². The van der Waals surface area contributed by atoms with Crippen LogP contribution in [-0.2, 0) is 9.47 Å². The Bertz CT molecular complexity index is 1490. The quantitative estimate of drug-likeness (QED) is 0.291. The number of nitrogens with one attached hydrogen (secondary N) is 1. The topological polar surface area (TPSA) is 85.5 Å². The number of fused-ring (bicyclic) bond motifs is 1. The van der Waals surface area contributed by atoms with Gasteiger partial charge in [0.05, 0.1) is 30.0 Å². The highest BCUT2D eigenvalue weighted by molar-refractivity contribution is 5.96. The van der Waals surface area contributed by atoms with Crippen molar-refractivity contribution in [3.05, 3.63) is 83.9 Å². The van der Waals surface area contributed by atoms with E-state index in [1.54, 1.807) is 0 Å². The first kappa shape index (κ1) is 24.1. The predicted octanol–water partition coefficient (Wildman–Crippen LogP) is 6.99. The van der Waals surface area contributed by atoms with Gasteiger partial charge in [-0.05, 0) is 55.2 Å². The maximum absolute atomic E-state index is 12.5. The number of carbonyl (C=O) groups excluding carboxylic acids is 1. The van der Waals surface area contributed by atoms with Crippen molar-refractivity contribution in [2.24, 2.45) is 0 Å². The average molecular weight is 508 g/mol. The molecule has 2 atom stereocenters. The van der Waals surface area contributed by atoms with Gasteiger partial charge in [0.2, 0.25) is 0 Å².